The van der Waals surface area contributed by atoms with Gasteiger partial charge in [-0.05, 0) is 55.3 Å². The zero-order valence-corrected chi connectivity index (χ0v) is 17.0. The number of carbonyl (C=O) groups excluding carboxylic acids is 1. The van der Waals surface area contributed by atoms with E-state index >= 15 is 0 Å². The summed E-state index contributed by atoms with van der Waals surface area (Å²) in [6.07, 6.45) is 0. The maximum atomic E-state index is 12.6. The number of halogens is 1. The van der Waals surface area contributed by atoms with E-state index in [1.54, 1.807) is 24.3 Å². The van der Waals surface area contributed by atoms with Gasteiger partial charge >= 0.3 is 0 Å². The Balaban J connectivity index is 2.22. The lowest BCUT2D eigenvalue weighted by Gasteiger charge is -2.12. The highest BCUT2D eigenvalue weighted by atomic mass is 35.5. The van der Waals surface area contributed by atoms with Gasteiger partial charge in [0.25, 0.3) is 15.9 Å². The SMILES string of the molecule is CCOc1ccc(NS(=O)(=O)c2ccc(Cl)c(C(=O)NCC(C)C)c2)cc1. The summed E-state index contributed by atoms with van der Waals surface area (Å²) in [4.78, 5) is 12.2. The molecular weight excluding hydrogens is 388 g/mol. The van der Waals surface area contributed by atoms with Crippen molar-refractivity contribution in [3.05, 3.63) is 53.1 Å². The topological polar surface area (TPSA) is 84.5 Å². The summed E-state index contributed by atoms with van der Waals surface area (Å²) in [6, 6.07) is 10.6. The highest BCUT2D eigenvalue weighted by molar-refractivity contribution is 7.92. The van der Waals surface area contributed by atoms with Gasteiger partial charge in [-0.25, -0.2) is 8.42 Å². The first-order valence-electron chi connectivity index (χ1n) is 8.56. The molecule has 0 spiro atoms. The number of benzene rings is 2. The van der Waals surface area contributed by atoms with Crippen LogP contribution in [0, 0.1) is 5.92 Å². The second-order valence-corrected chi connectivity index (χ2v) is 8.40. The summed E-state index contributed by atoms with van der Waals surface area (Å²) in [5, 5.41) is 2.92. The molecule has 0 aliphatic heterocycles. The van der Waals surface area contributed by atoms with E-state index in [2.05, 4.69) is 10.0 Å². The Kier molecular flexibility index (Phi) is 7.10. The van der Waals surface area contributed by atoms with Crippen LogP contribution in [-0.2, 0) is 10.0 Å². The van der Waals surface area contributed by atoms with E-state index in [-0.39, 0.29) is 21.4 Å². The second kappa shape index (κ2) is 9.10. The molecular formula is C19H23ClN2O4S. The van der Waals surface area contributed by atoms with Gasteiger partial charge in [-0.3, -0.25) is 9.52 Å². The number of carbonyl (C=O) groups is 1. The first-order chi connectivity index (χ1) is 12.7. The molecule has 2 aromatic rings. The van der Waals surface area contributed by atoms with Crippen molar-refractivity contribution in [1.82, 2.24) is 5.32 Å². The van der Waals surface area contributed by atoms with E-state index in [0.717, 1.165) is 0 Å². The predicted octanol–water partition coefficient (Wildman–Crippen LogP) is 3.93. The van der Waals surface area contributed by atoms with E-state index < -0.39 is 15.9 Å². The molecule has 27 heavy (non-hydrogen) atoms. The van der Waals surface area contributed by atoms with Gasteiger partial charge in [0, 0.05) is 12.2 Å². The van der Waals surface area contributed by atoms with Crippen molar-refractivity contribution in [2.75, 3.05) is 17.9 Å². The van der Waals surface area contributed by atoms with Crippen LogP contribution in [0.4, 0.5) is 5.69 Å². The predicted molar refractivity (Wildman–Crippen MR) is 107 cm³/mol. The fourth-order valence-corrected chi connectivity index (χ4v) is 3.53. The summed E-state index contributed by atoms with van der Waals surface area (Å²) in [5.74, 6) is 0.504. The van der Waals surface area contributed by atoms with Gasteiger partial charge in [0.1, 0.15) is 5.75 Å². The van der Waals surface area contributed by atoms with E-state index in [0.29, 0.717) is 24.6 Å². The molecule has 0 unspecified atom stereocenters. The van der Waals surface area contributed by atoms with Crippen LogP contribution in [0.2, 0.25) is 5.02 Å². The number of amides is 1. The molecule has 0 bridgehead atoms. The Morgan fingerprint density at radius 3 is 2.41 bits per heavy atom. The largest absolute Gasteiger partial charge is 0.494 e. The number of hydrogen-bond donors (Lipinski definition) is 2. The molecule has 2 N–H and O–H groups in total. The van der Waals surface area contributed by atoms with Crippen molar-refractivity contribution in [1.29, 1.82) is 0 Å². The molecule has 0 aliphatic rings. The molecule has 0 fully saturated rings. The Labute approximate surface area is 164 Å². The number of hydrogen-bond acceptors (Lipinski definition) is 4. The lowest BCUT2D eigenvalue weighted by molar-refractivity contribution is 0.0949. The van der Waals surface area contributed by atoms with Gasteiger partial charge in [-0.2, -0.15) is 0 Å². The fraction of sp³-hybridized carbons (Fsp3) is 0.316. The van der Waals surface area contributed by atoms with E-state index in [1.165, 1.54) is 18.2 Å². The standard InChI is InChI=1S/C19H23ClN2O4S/c1-4-26-15-7-5-14(6-8-15)22-27(24,25)16-9-10-18(20)17(11-16)19(23)21-12-13(2)3/h5-11,13,22H,4,12H2,1-3H3,(H,21,23). The normalized spacial score (nSPS) is 11.3. The Hall–Kier alpha value is -2.25. The van der Waals surface area contributed by atoms with Crippen molar-refractivity contribution >= 4 is 33.2 Å². The zero-order chi connectivity index (χ0) is 20.0. The smallest absolute Gasteiger partial charge is 0.261 e. The maximum absolute atomic E-state index is 12.6. The molecule has 146 valence electrons. The van der Waals surface area contributed by atoms with Crippen LogP contribution >= 0.6 is 11.6 Å². The van der Waals surface area contributed by atoms with Crippen LogP contribution in [0.5, 0.6) is 5.75 Å². The van der Waals surface area contributed by atoms with Crippen LogP contribution in [0.3, 0.4) is 0 Å². The molecule has 0 aromatic heterocycles. The molecule has 8 heteroatoms. The third-order valence-electron chi connectivity index (χ3n) is 3.58. The first-order valence-corrected chi connectivity index (χ1v) is 10.4. The molecule has 0 saturated heterocycles. The lowest BCUT2D eigenvalue weighted by atomic mass is 10.2. The highest BCUT2D eigenvalue weighted by Crippen LogP contribution is 2.23. The van der Waals surface area contributed by atoms with Gasteiger partial charge in [-0.1, -0.05) is 25.4 Å². The van der Waals surface area contributed by atoms with Gasteiger partial charge in [0.05, 0.1) is 22.1 Å². The summed E-state index contributed by atoms with van der Waals surface area (Å²) < 4.78 is 33.1. The Morgan fingerprint density at radius 1 is 1.15 bits per heavy atom. The van der Waals surface area contributed by atoms with Crippen molar-refractivity contribution in [3.8, 4) is 5.75 Å². The maximum Gasteiger partial charge on any atom is 0.261 e. The quantitative estimate of drug-likeness (QED) is 0.690. The van der Waals surface area contributed by atoms with Gasteiger partial charge in [-0.15, -0.1) is 0 Å². The van der Waals surface area contributed by atoms with Crippen LogP contribution in [0.1, 0.15) is 31.1 Å². The molecule has 0 aliphatic carbocycles. The van der Waals surface area contributed by atoms with Crippen LogP contribution in [-0.4, -0.2) is 27.5 Å². The Morgan fingerprint density at radius 2 is 1.81 bits per heavy atom. The average Bonchev–Trinajstić information content (AvgIpc) is 2.61. The molecule has 0 saturated carbocycles. The first kappa shape index (κ1) is 21.1. The third kappa shape index (κ3) is 5.87. The van der Waals surface area contributed by atoms with Crippen LogP contribution in [0.15, 0.2) is 47.4 Å². The van der Waals surface area contributed by atoms with Crippen LogP contribution in [0.25, 0.3) is 0 Å². The van der Waals surface area contributed by atoms with E-state index in [1.807, 2.05) is 20.8 Å². The van der Waals surface area contributed by atoms with Crippen molar-refractivity contribution in [2.24, 2.45) is 5.92 Å². The monoisotopic (exact) mass is 410 g/mol. The second-order valence-electron chi connectivity index (χ2n) is 6.31. The van der Waals surface area contributed by atoms with Crippen molar-refractivity contribution < 1.29 is 17.9 Å². The number of ether oxygens (including phenoxy) is 1. The molecule has 6 nitrogen and oxygen atoms in total. The average molecular weight is 411 g/mol. The molecule has 1 amide bonds. The summed E-state index contributed by atoms with van der Waals surface area (Å²) in [6.45, 7) is 6.78. The summed E-state index contributed by atoms with van der Waals surface area (Å²) in [5.41, 5.74) is 0.506. The molecule has 2 rings (SSSR count). The zero-order valence-electron chi connectivity index (χ0n) is 15.5. The van der Waals surface area contributed by atoms with E-state index in [9.17, 15) is 13.2 Å². The molecule has 2 aromatic carbocycles. The number of rotatable bonds is 8. The third-order valence-corrected chi connectivity index (χ3v) is 5.29. The molecule has 0 heterocycles. The van der Waals surface area contributed by atoms with Crippen molar-refractivity contribution in [3.63, 3.8) is 0 Å². The van der Waals surface area contributed by atoms with Crippen molar-refractivity contribution in [2.45, 2.75) is 25.7 Å². The summed E-state index contributed by atoms with van der Waals surface area (Å²) in [7, 11) is -3.87. The molecule has 0 atom stereocenters. The van der Waals surface area contributed by atoms with Gasteiger partial charge < -0.3 is 10.1 Å². The highest BCUT2D eigenvalue weighted by Gasteiger charge is 2.19. The number of nitrogens with one attached hydrogen (secondary N) is 2. The minimum atomic E-state index is -3.87. The molecule has 0 radical (unpaired) electrons. The van der Waals surface area contributed by atoms with Gasteiger partial charge in [0.2, 0.25) is 0 Å². The fourth-order valence-electron chi connectivity index (χ4n) is 2.24. The minimum absolute atomic E-state index is 0.0459. The number of sulfonamides is 1. The lowest BCUT2D eigenvalue weighted by Crippen LogP contribution is -2.27. The van der Waals surface area contributed by atoms with E-state index in [4.69, 9.17) is 16.3 Å². The van der Waals surface area contributed by atoms with Crippen LogP contribution < -0.4 is 14.8 Å². The minimum Gasteiger partial charge on any atom is -0.494 e. The summed E-state index contributed by atoms with van der Waals surface area (Å²) >= 11 is 6.07. The number of anilines is 1. The Bertz CT molecular complexity index is 896. The van der Waals surface area contributed by atoms with Gasteiger partial charge in [0.15, 0.2) is 0 Å².